The minimum atomic E-state index is -2.43. The van der Waals surface area contributed by atoms with Gasteiger partial charge in [-0.15, -0.1) is 0 Å². The van der Waals surface area contributed by atoms with Gasteiger partial charge in [-0.3, -0.25) is 0 Å². The van der Waals surface area contributed by atoms with Crippen LogP contribution in [-0.2, 0) is 32.1 Å². The van der Waals surface area contributed by atoms with Gasteiger partial charge < -0.3 is 0 Å². The second-order valence-electron chi connectivity index (χ2n) is 12.5. The molecule has 38 heavy (non-hydrogen) atoms. The van der Waals surface area contributed by atoms with Gasteiger partial charge in [-0.25, -0.2) is 0 Å². The Balaban J connectivity index is 1.56. The Hall–Kier alpha value is -2.63. The van der Waals surface area contributed by atoms with Crippen molar-refractivity contribution in [1.82, 2.24) is 0 Å². The van der Waals surface area contributed by atoms with Crippen LogP contribution in [0.15, 0.2) is 88.3 Å². The van der Waals surface area contributed by atoms with Gasteiger partial charge in [0, 0.05) is 0 Å². The van der Waals surface area contributed by atoms with Gasteiger partial charge in [-0.05, 0) is 0 Å². The average Bonchev–Trinajstić information content (AvgIpc) is 3.67. The summed E-state index contributed by atoms with van der Waals surface area (Å²) in [6.07, 6.45) is 19.0. The van der Waals surface area contributed by atoms with Crippen LogP contribution in [0.2, 0.25) is 0 Å². The van der Waals surface area contributed by atoms with Crippen molar-refractivity contribution < 1.29 is 21.3 Å². The van der Waals surface area contributed by atoms with E-state index < -0.39 is 21.3 Å². The molecule has 1 heteroatoms. The fraction of sp³-hybridized carbons (Fsp3) is 0.270. The maximum atomic E-state index is 2.63. The van der Waals surface area contributed by atoms with Gasteiger partial charge in [-0.1, -0.05) is 0 Å². The van der Waals surface area contributed by atoms with Crippen LogP contribution in [0.5, 0.6) is 0 Å². The minimum absolute atomic E-state index is 0.0879. The van der Waals surface area contributed by atoms with Gasteiger partial charge in [0.2, 0.25) is 0 Å². The maximum absolute atomic E-state index is 2.63. The molecule has 0 saturated carbocycles. The van der Waals surface area contributed by atoms with E-state index >= 15 is 0 Å². The molecule has 0 aliphatic heterocycles. The Kier molecular flexibility index (Phi) is 5.58. The molecule has 0 fully saturated rings. The molecule has 188 valence electrons. The molecule has 0 amide bonds. The standard InChI is InChI=1S/C23H21.C9H10.C5H5.Zr/c1-22(2)7-5-14-10-18-16(12-20(14)22)9-17-13-21-15(11-19(17)18)6-8-23(21,3)4;1-2-6-9-7-4-3-5-8-9;1-2-4-5-3-1;/h5-13H,1-4H3;3-5,7-8H,2H2,1H3;1-3H,4H2;. The SMILES string of the molecule is CC[C](c1ccccc1)=[Zr]([C]1=CC=CC1)[CH]1c2cc3c(cc2-c2cc4c(cc21)C(C)(C)C=C4)C=CC3(C)C. The van der Waals surface area contributed by atoms with Crippen LogP contribution < -0.4 is 0 Å². The molecule has 0 N–H and O–H groups in total. The molecule has 3 aromatic carbocycles. The molecule has 0 atom stereocenters. The number of hydrogen-bond acceptors (Lipinski definition) is 0. The second-order valence-corrected chi connectivity index (χ2v) is 19.0. The van der Waals surface area contributed by atoms with E-state index in [-0.39, 0.29) is 10.8 Å². The Morgan fingerprint density at radius 1 is 0.816 bits per heavy atom. The van der Waals surface area contributed by atoms with E-state index in [1.54, 1.807) is 17.6 Å². The van der Waals surface area contributed by atoms with Gasteiger partial charge in [0.05, 0.1) is 0 Å². The predicted octanol–water partition coefficient (Wildman–Crippen LogP) is 9.46. The second kappa shape index (κ2) is 8.69. The molecule has 0 unspecified atom stereocenters. The Morgan fingerprint density at radius 2 is 1.39 bits per heavy atom. The first-order chi connectivity index (χ1) is 18.3. The van der Waals surface area contributed by atoms with Crippen LogP contribution in [0.4, 0.5) is 0 Å². The van der Waals surface area contributed by atoms with Gasteiger partial charge in [0.15, 0.2) is 0 Å². The fourth-order valence-corrected chi connectivity index (χ4v) is 16.3. The number of rotatable bonds is 4. The van der Waals surface area contributed by atoms with E-state index in [0.29, 0.717) is 3.63 Å². The van der Waals surface area contributed by atoms with Crippen LogP contribution >= 0.6 is 0 Å². The van der Waals surface area contributed by atoms with Crippen LogP contribution in [0.1, 0.15) is 90.0 Å². The van der Waals surface area contributed by atoms with Crippen molar-refractivity contribution in [1.29, 1.82) is 0 Å². The Labute approximate surface area is 235 Å². The third-order valence-corrected chi connectivity index (χ3v) is 18.0. The average molecular weight is 572 g/mol. The molecule has 0 heterocycles. The molecule has 0 nitrogen and oxygen atoms in total. The zero-order chi connectivity index (χ0) is 26.2. The van der Waals surface area contributed by atoms with Crippen molar-refractivity contribution in [3.05, 3.63) is 127 Å². The van der Waals surface area contributed by atoms with Crippen molar-refractivity contribution in [3.63, 3.8) is 0 Å². The van der Waals surface area contributed by atoms with Crippen molar-refractivity contribution in [2.24, 2.45) is 0 Å². The zero-order valence-electron chi connectivity index (χ0n) is 23.2. The predicted molar refractivity (Wildman–Crippen MR) is 161 cm³/mol. The monoisotopic (exact) mass is 570 g/mol. The number of benzene rings is 3. The number of hydrogen-bond donors (Lipinski definition) is 0. The summed E-state index contributed by atoms with van der Waals surface area (Å²) >= 11 is -2.43. The normalized spacial score (nSPS) is 19.8. The molecular formula is C37H36Zr. The zero-order valence-corrected chi connectivity index (χ0v) is 25.7. The summed E-state index contributed by atoms with van der Waals surface area (Å²) in [5.41, 5.74) is 13.6. The summed E-state index contributed by atoms with van der Waals surface area (Å²) in [7, 11) is 0. The molecule has 7 rings (SSSR count). The molecule has 4 aliphatic carbocycles. The molecule has 0 spiro atoms. The van der Waals surface area contributed by atoms with Gasteiger partial charge in [0.25, 0.3) is 0 Å². The first-order valence-electron chi connectivity index (χ1n) is 14.2. The van der Waals surface area contributed by atoms with Crippen molar-refractivity contribution in [2.45, 2.75) is 61.9 Å². The summed E-state index contributed by atoms with van der Waals surface area (Å²) in [4.78, 5) is 0. The fourth-order valence-electron chi connectivity index (χ4n) is 7.25. The summed E-state index contributed by atoms with van der Waals surface area (Å²) in [6, 6.07) is 21.7. The van der Waals surface area contributed by atoms with Gasteiger partial charge in [0.1, 0.15) is 0 Å². The van der Waals surface area contributed by atoms with Crippen LogP contribution in [0, 0.1) is 0 Å². The number of allylic oxidation sites excluding steroid dienone is 6. The topological polar surface area (TPSA) is 0 Å². The molecule has 0 saturated heterocycles. The molecule has 0 radical (unpaired) electrons. The third kappa shape index (κ3) is 3.61. The van der Waals surface area contributed by atoms with E-state index in [0.717, 1.165) is 12.8 Å². The van der Waals surface area contributed by atoms with E-state index in [9.17, 15) is 0 Å². The van der Waals surface area contributed by atoms with Gasteiger partial charge >= 0.3 is 237 Å². The molecule has 4 aliphatic rings. The molecule has 0 aromatic heterocycles. The first-order valence-corrected chi connectivity index (χ1v) is 18.1. The summed E-state index contributed by atoms with van der Waals surface area (Å²) < 4.78 is 4.00. The molecule has 3 aromatic rings. The van der Waals surface area contributed by atoms with Crippen molar-refractivity contribution >= 4 is 15.4 Å². The van der Waals surface area contributed by atoms with Gasteiger partial charge in [-0.2, -0.15) is 0 Å². The Morgan fingerprint density at radius 3 is 1.89 bits per heavy atom. The van der Waals surface area contributed by atoms with E-state index in [4.69, 9.17) is 0 Å². The number of fused-ring (bicyclic) bond motifs is 5. The van der Waals surface area contributed by atoms with Crippen molar-refractivity contribution in [3.8, 4) is 11.1 Å². The van der Waals surface area contributed by atoms with Crippen molar-refractivity contribution in [2.75, 3.05) is 0 Å². The molecule has 0 bridgehead atoms. The first kappa shape index (κ1) is 24.4. The van der Waals surface area contributed by atoms with E-state index in [1.165, 1.54) is 38.9 Å². The van der Waals surface area contributed by atoms with E-state index in [1.807, 2.05) is 0 Å². The Bertz CT molecular complexity index is 1570. The summed E-state index contributed by atoms with van der Waals surface area (Å²) in [6.45, 7) is 11.9. The van der Waals surface area contributed by atoms with E-state index in [2.05, 4.69) is 132 Å². The third-order valence-electron chi connectivity index (χ3n) is 9.31. The summed E-state index contributed by atoms with van der Waals surface area (Å²) in [5, 5.41) is 0. The van der Waals surface area contributed by atoms with Crippen LogP contribution in [0.3, 0.4) is 0 Å². The van der Waals surface area contributed by atoms with Crippen LogP contribution in [0.25, 0.3) is 23.3 Å². The summed E-state index contributed by atoms with van der Waals surface area (Å²) in [5.74, 6) is 0. The quantitative estimate of drug-likeness (QED) is 0.293. The van der Waals surface area contributed by atoms with Crippen LogP contribution in [-0.4, -0.2) is 3.21 Å². The molecular weight excluding hydrogens is 536 g/mol.